The van der Waals surface area contributed by atoms with Gasteiger partial charge in [0.15, 0.2) is 5.82 Å². The van der Waals surface area contributed by atoms with E-state index in [0.29, 0.717) is 0 Å². The molecule has 100 valence electrons. The van der Waals surface area contributed by atoms with Crippen LogP contribution in [-0.4, -0.2) is 9.97 Å². The van der Waals surface area contributed by atoms with Gasteiger partial charge < -0.3 is 5.73 Å². The molecule has 0 amide bonds. The van der Waals surface area contributed by atoms with Crippen molar-refractivity contribution in [3.63, 3.8) is 0 Å². The Bertz CT molecular complexity index is 598. The normalized spacial score (nSPS) is 12.5. The van der Waals surface area contributed by atoms with Crippen LogP contribution in [0.3, 0.4) is 0 Å². The molecule has 1 aromatic carbocycles. The lowest BCUT2D eigenvalue weighted by molar-refractivity contribution is 0.790. The molecule has 0 saturated carbocycles. The van der Waals surface area contributed by atoms with Crippen molar-refractivity contribution in [3.8, 4) is 11.4 Å². The molecule has 1 heterocycles. The van der Waals surface area contributed by atoms with Gasteiger partial charge in [-0.1, -0.05) is 15.9 Å². The van der Waals surface area contributed by atoms with E-state index in [4.69, 9.17) is 5.73 Å². The van der Waals surface area contributed by atoms with Crippen molar-refractivity contribution in [2.75, 3.05) is 0 Å². The Labute approximate surface area is 122 Å². The molecule has 1 atom stereocenters. The maximum absolute atomic E-state index is 5.89. The van der Waals surface area contributed by atoms with E-state index >= 15 is 0 Å². The first kappa shape index (κ1) is 14.2. The minimum absolute atomic E-state index is 0.0394. The third-order valence-electron chi connectivity index (χ3n) is 3.20. The van der Waals surface area contributed by atoms with E-state index in [1.165, 1.54) is 11.1 Å². The summed E-state index contributed by atoms with van der Waals surface area (Å²) in [5.74, 6) is 0.751. The van der Waals surface area contributed by atoms with Crippen molar-refractivity contribution in [1.82, 2.24) is 9.97 Å². The second-order valence-corrected chi connectivity index (χ2v) is 5.74. The Morgan fingerprint density at radius 2 is 1.74 bits per heavy atom. The van der Waals surface area contributed by atoms with E-state index < -0.39 is 0 Å². The number of hydrogen-bond donors (Lipinski definition) is 1. The van der Waals surface area contributed by atoms with Crippen molar-refractivity contribution >= 4 is 15.9 Å². The number of nitrogens with zero attached hydrogens (tertiary/aromatic N) is 2. The van der Waals surface area contributed by atoms with Crippen LogP contribution in [0.15, 0.2) is 22.8 Å². The van der Waals surface area contributed by atoms with Crippen LogP contribution >= 0.6 is 15.9 Å². The van der Waals surface area contributed by atoms with Gasteiger partial charge in [-0.25, -0.2) is 9.97 Å². The predicted molar refractivity (Wildman–Crippen MR) is 82.0 cm³/mol. The standard InChI is InChI=1S/C15H18BrN3/c1-8-5-12(6-9(2)14(8)16)15-18-7-13(10(3)17)11(4)19-15/h5-7,10H,17H2,1-4H3/t10-/m1/s1. The molecule has 2 N–H and O–H groups in total. The van der Waals surface area contributed by atoms with Gasteiger partial charge in [0, 0.05) is 33.5 Å². The number of rotatable bonds is 2. The number of halogens is 1. The van der Waals surface area contributed by atoms with Gasteiger partial charge in [-0.05, 0) is 51.0 Å². The predicted octanol–water partition coefficient (Wildman–Crippen LogP) is 3.85. The lowest BCUT2D eigenvalue weighted by Crippen LogP contribution is -2.09. The molecule has 2 rings (SSSR count). The first-order valence-electron chi connectivity index (χ1n) is 6.26. The molecular weight excluding hydrogens is 302 g/mol. The van der Waals surface area contributed by atoms with E-state index in [-0.39, 0.29) is 6.04 Å². The zero-order valence-corrected chi connectivity index (χ0v) is 13.2. The van der Waals surface area contributed by atoms with Crippen molar-refractivity contribution in [1.29, 1.82) is 0 Å². The van der Waals surface area contributed by atoms with Gasteiger partial charge in [0.25, 0.3) is 0 Å². The highest BCUT2D eigenvalue weighted by Gasteiger charge is 2.10. The summed E-state index contributed by atoms with van der Waals surface area (Å²) in [6.07, 6.45) is 1.83. The molecular formula is C15H18BrN3. The van der Waals surface area contributed by atoms with Crippen LogP contribution in [0.2, 0.25) is 0 Å². The summed E-state index contributed by atoms with van der Waals surface area (Å²) in [7, 11) is 0. The van der Waals surface area contributed by atoms with Crippen LogP contribution in [0, 0.1) is 20.8 Å². The van der Waals surface area contributed by atoms with Crippen LogP contribution in [0.1, 0.15) is 35.3 Å². The molecule has 4 heteroatoms. The molecule has 3 nitrogen and oxygen atoms in total. The topological polar surface area (TPSA) is 51.8 Å². The Hall–Kier alpha value is -1.26. The number of nitrogens with two attached hydrogens (primary N) is 1. The lowest BCUT2D eigenvalue weighted by Gasteiger charge is -2.11. The first-order valence-corrected chi connectivity index (χ1v) is 7.05. The van der Waals surface area contributed by atoms with Gasteiger partial charge in [-0.2, -0.15) is 0 Å². The summed E-state index contributed by atoms with van der Waals surface area (Å²) in [4.78, 5) is 9.01. The Kier molecular flexibility index (Phi) is 4.02. The average molecular weight is 320 g/mol. The lowest BCUT2D eigenvalue weighted by atomic mass is 10.1. The molecule has 0 unspecified atom stereocenters. The van der Waals surface area contributed by atoms with Gasteiger partial charge in [-0.3, -0.25) is 0 Å². The molecule has 2 aromatic rings. The van der Waals surface area contributed by atoms with E-state index in [2.05, 4.69) is 51.9 Å². The summed E-state index contributed by atoms with van der Waals surface area (Å²) in [6.45, 7) is 8.06. The highest BCUT2D eigenvalue weighted by atomic mass is 79.9. The SMILES string of the molecule is Cc1cc(-c2ncc([C@@H](C)N)c(C)n2)cc(C)c1Br. The summed E-state index contributed by atoms with van der Waals surface area (Å²) >= 11 is 3.57. The number of aromatic nitrogens is 2. The van der Waals surface area contributed by atoms with Gasteiger partial charge in [0.1, 0.15) is 0 Å². The maximum atomic E-state index is 5.89. The van der Waals surface area contributed by atoms with Crippen molar-refractivity contribution < 1.29 is 0 Å². The van der Waals surface area contributed by atoms with E-state index in [1.807, 2.05) is 20.0 Å². The van der Waals surface area contributed by atoms with E-state index in [9.17, 15) is 0 Å². The largest absolute Gasteiger partial charge is 0.324 e. The second kappa shape index (κ2) is 5.39. The Balaban J connectivity index is 2.51. The van der Waals surface area contributed by atoms with Crippen LogP contribution in [0.25, 0.3) is 11.4 Å². The van der Waals surface area contributed by atoms with Crippen molar-refractivity contribution in [3.05, 3.63) is 45.2 Å². The zero-order valence-electron chi connectivity index (χ0n) is 11.7. The zero-order chi connectivity index (χ0) is 14.2. The quantitative estimate of drug-likeness (QED) is 0.914. The molecule has 0 fully saturated rings. The van der Waals surface area contributed by atoms with E-state index in [1.54, 1.807) is 0 Å². The highest BCUT2D eigenvalue weighted by molar-refractivity contribution is 9.10. The fourth-order valence-electron chi connectivity index (χ4n) is 2.14. The highest BCUT2D eigenvalue weighted by Crippen LogP contribution is 2.27. The number of aryl methyl sites for hydroxylation is 3. The van der Waals surface area contributed by atoms with Gasteiger partial charge in [0.05, 0.1) is 0 Å². The summed E-state index contributed by atoms with van der Waals surface area (Å²) in [6, 6.07) is 4.15. The molecule has 0 aliphatic rings. The van der Waals surface area contributed by atoms with Crippen molar-refractivity contribution in [2.45, 2.75) is 33.7 Å². The maximum Gasteiger partial charge on any atom is 0.159 e. The molecule has 0 bridgehead atoms. The summed E-state index contributed by atoms with van der Waals surface area (Å²) in [5, 5.41) is 0. The summed E-state index contributed by atoms with van der Waals surface area (Å²) in [5.41, 5.74) is 11.2. The number of hydrogen-bond acceptors (Lipinski definition) is 3. The molecule has 0 saturated heterocycles. The summed E-state index contributed by atoms with van der Waals surface area (Å²) < 4.78 is 1.14. The van der Waals surface area contributed by atoms with Gasteiger partial charge >= 0.3 is 0 Å². The minimum atomic E-state index is -0.0394. The molecule has 19 heavy (non-hydrogen) atoms. The molecule has 0 spiro atoms. The van der Waals surface area contributed by atoms with E-state index in [0.717, 1.165) is 27.1 Å². The van der Waals surface area contributed by atoms with Gasteiger partial charge in [0.2, 0.25) is 0 Å². The fourth-order valence-corrected chi connectivity index (χ4v) is 2.37. The van der Waals surface area contributed by atoms with Crippen LogP contribution in [0.4, 0.5) is 0 Å². The monoisotopic (exact) mass is 319 g/mol. The molecule has 0 aliphatic heterocycles. The molecule has 0 radical (unpaired) electrons. The Morgan fingerprint density at radius 3 is 2.21 bits per heavy atom. The third kappa shape index (κ3) is 2.85. The Morgan fingerprint density at radius 1 is 1.16 bits per heavy atom. The third-order valence-corrected chi connectivity index (χ3v) is 4.45. The van der Waals surface area contributed by atoms with Crippen LogP contribution in [0.5, 0.6) is 0 Å². The van der Waals surface area contributed by atoms with Crippen LogP contribution in [-0.2, 0) is 0 Å². The average Bonchev–Trinajstić information content (AvgIpc) is 2.34. The molecule has 1 aromatic heterocycles. The first-order chi connectivity index (χ1) is 8.90. The van der Waals surface area contributed by atoms with Crippen molar-refractivity contribution in [2.24, 2.45) is 5.73 Å². The molecule has 0 aliphatic carbocycles. The number of benzene rings is 1. The minimum Gasteiger partial charge on any atom is -0.324 e. The fraction of sp³-hybridized carbons (Fsp3) is 0.333. The second-order valence-electron chi connectivity index (χ2n) is 4.95. The van der Waals surface area contributed by atoms with Crippen LogP contribution < -0.4 is 5.73 Å². The van der Waals surface area contributed by atoms with Gasteiger partial charge in [-0.15, -0.1) is 0 Å². The smallest absolute Gasteiger partial charge is 0.159 e.